The smallest absolute Gasteiger partial charge is 0.244 e. The van der Waals surface area contributed by atoms with Crippen LogP contribution in [0.2, 0.25) is 0 Å². The van der Waals surface area contributed by atoms with E-state index in [4.69, 9.17) is 5.11 Å². The predicted octanol–water partition coefficient (Wildman–Crippen LogP) is 1.44. The van der Waals surface area contributed by atoms with Gasteiger partial charge in [0.05, 0.1) is 12.1 Å². The number of benzene rings is 1. The van der Waals surface area contributed by atoms with Crippen LogP contribution < -0.4 is 15.5 Å². The predicted molar refractivity (Wildman–Crippen MR) is 83.2 cm³/mol. The van der Waals surface area contributed by atoms with Gasteiger partial charge < -0.3 is 20.6 Å². The van der Waals surface area contributed by atoms with Gasteiger partial charge in [0.25, 0.3) is 0 Å². The van der Waals surface area contributed by atoms with E-state index in [-0.39, 0.29) is 12.5 Å². The summed E-state index contributed by atoms with van der Waals surface area (Å²) >= 11 is 0. The molecular weight excluding hydrogens is 254 g/mol. The Bertz CT molecular complexity index is 429. The summed E-state index contributed by atoms with van der Waals surface area (Å²) in [5, 5.41) is 14.9. The Morgan fingerprint density at radius 1 is 1.30 bits per heavy atom. The third kappa shape index (κ3) is 4.21. The van der Waals surface area contributed by atoms with Gasteiger partial charge in [0.2, 0.25) is 5.91 Å². The topological polar surface area (TPSA) is 64.6 Å². The molecule has 0 fully saturated rings. The summed E-state index contributed by atoms with van der Waals surface area (Å²) in [7, 11) is 1.76. The van der Waals surface area contributed by atoms with Crippen LogP contribution in [-0.2, 0) is 4.79 Å². The summed E-state index contributed by atoms with van der Waals surface area (Å²) < 4.78 is 0. The molecular formula is C15H25N3O2. The molecule has 0 saturated heterocycles. The quantitative estimate of drug-likeness (QED) is 0.707. The van der Waals surface area contributed by atoms with E-state index in [2.05, 4.69) is 15.5 Å². The van der Waals surface area contributed by atoms with Crippen molar-refractivity contribution in [3.8, 4) is 0 Å². The van der Waals surface area contributed by atoms with Crippen LogP contribution in [-0.4, -0.2) is 43.3 Å². The van der Waals surface area contributed by atoms with Gasteiger partial charge in [-0.15, -0.1) is 0 Å². The van der Waals surface area contributed by atoms with Gasteiger partial charge in [0.1, 0.15) is 0 Å². The summed E-state index contributed by atoms with van der Waals surface area (Å²) in [6, 6.07) is 7.64. The lowest BCUT2D eigenvalue weighted by molar-refractivity contribution is -0.121. The Morgan fingerprint density at radius 3 is 2.35 bits per heavy atom. The molecule has 1 aromatic rings. The monoisotopic (exact) mass is 279 g/mol. The molecule has 20 heavy (non-hydrogen) atoms. The van der Waals surface area contributed by atoms with E-state index in [1.165, 1.54) is 0 Å². The fraction of sp³-hybridized carbons (Fsp3) is 0.533. The number of hydrogen-bond acceptors (Lipinski definition) is 4. The SMILES string of the molecule is CCN(CCO)c1ccc(NC(=O)C(C)(C)NC)cc1. The Morgan fingerprint density at radius 2 is 1.90 bits per heavy atom. The van der Waals surface area contributed by atoms with Crippen molar-refractivity contribution in [3.63, 3.8) is 0 Å². The van der Waals surface area contributed by atoms with E-state index < -0.39 is 5.54 Å². The van der Waals surface area contributed by atoms with E-state index >= 15 is 0 Å². The highest BCUT2D eigenvalue weighted by Crippen LogP contribution is 2.18. The molecule has 0 unspecified atom stereocenters. The van der Waals surface area contributed by atoms with Crippen molar-refractivity contribution in [1.82, 2.24) is 5.32 Å². The molecule has 0 aromatic heterocycles. The zero-order valence-electron chi connectivity index (χ0n) is 12.7. The summed E-state index contributed by atoms with van der Waals surface area (Å²) in [6.45, 7) is 7.27. The fourth-order valence-corrected chi connectivity index (χ4v) is 1.75. The van der Waals surface area contributed by atoms with E-state index in [9.17, 15) is 4.79 Å². The van der Waals surface area contributed by atoms with Crippen molar-refractivity contribution in [2.75, 3.05) is 37.0 Å². The molecule has 112 valence electrons. The van der Waals surface area contributed by atoms with Gasteiger partial charge in [0.15, 0.2) is 0 Å². The second kappa shape index (κ2) is 7.26. The molecule has 3 N–H and O–H groups in total. The van der Waals surface area contributed by atoms with Gasteiger partial charge in [-0.3, -0.25) is 4.79 Å². The number of likely N-dealkylation sites (N-methyl/N-ethyl adjacent to an activating group) is 2. The third-order valence-electron chi connectivity index (χ3n) is 3.43. The minimum absolute atomic E-state index is 0.0737. The van der Waals surface area contributed by atoms with Crippen LogP contribution in [0.3, 0.4) is 0 Å². The zero-order valence-corrected chi connectivity index (χ0v) is 12.7. The first-order valence-electron chi connectivity index (χ1n) is 6.90. The Balaban J connectivity index is 2.74. The van der Waals surface area contributed by atoms with Gasteiger partial charge in [0, 0.05) is 24.5 Å². The van der Waals surface area contributed by atoms with Crippen molar-refractivity contribution in [2.45, 2.75) is 26.3 Å². The molecule has 0 aliphatic carbocycles. The maximum absolute atomic E-state index is 12.0. The van der Waals surface area contributed by atoms with Crippen LogP contribution in [0.5, 0.6) is 0 Å². The highest BCUT2D eigenvalue weighted by molar-refractivity contribution is 5.97. The summed E-state index contributed by atoms with van der Waals surface area (Å²) in [6.07, 6.45) is 0. The van der Waals surface area contributed by atoms with Crippen molar-refractivity contribution in [3.05, 3.63) is 24.3 Å². The molecule has 1 amide bonds. The number of aliphatic hydroxyl groups excluding tert-OH is 1. The summed E-state index contributed by atoms with van der Waals surface area (Å²) in [5.74, 6) is -0.0737. The second-order valence-electron chi connectivity index (χ2n) is 5.18. The normalized spacial score (nSPS) is 11.2. The van der Waals surface area contributed by atoms with Crippen molar-refractivity contribution in [1.29, 1.82) is 0 Å². The van der Waals surface area contributed by atoms with Crippen LogP contribution in [0.25, 0.3) is 0 Å². The van der Waals surface area contributed by atoms with Crippen LogP contribution >= 0.6 is 0 Å². The van der Waals surface area contributed by atoms with Crippen LogP contribution in [0.15, 0.2) is 24.3 Å². The molecule has 1 aromatic carbocycles. The Labute approximate surface area is 121 Å². The van der Waals surface area contributed by atoms with Crippen molar-refractivity contribution < 1.29 is 9.90 Å². The highest BCUT2D eigenvalue weighted by atomic mass is 16.3. The number of nitrogens with zero attached hydrogens (tertiary/aromatic N) is 1. The van der Waals surface area contributed by atoms with Gasteiger partial charge in [-0.2, -0.15) is 0 Å². The van der Waals surface area contributed by atoms with Gasteiger partial charge >= 0.3 is 0 Å². The number of carbonyl (C=O) groups excluding carboxylic acids is 1. The van der Waals surface area contributed by atoms with E-state index in [0.717, 1.165) is 17.9 Å². The summed E-state index contributed by atoms with van der Waals surface area (Å²) in [5.41, 5.74) is 1.19. The highest BCUT2D eigenvalue weighted by Gasteiger charge is 2.24. The molecule has 0 saturated carbocycles. The van der Waals surface area contributed by atoms with E-state index in [1.807, 2.05) is 45.0 Å². The molecule has 0 heterocycles. The lowest BCUT2D eigenvalue weighted by Crippen LogP contribution is -2.47. The minimum atomic E-state index is -0.606. The lowest BCUT2D eigenvalue weighted by atomic mass is 10.1. The number of nitrogens with one attached hydrogen (secondary N) is 2. The average Bonchev–Trinajstić information content (AvgIpc) is 2.45. The maximum atomic E-state index is 12.0. The molecule has 0 radical (unpaired) electrons. The van der Waals surface area contributed by atoms with Gasteiger partial charge in [-0.25, -0.2) is 0 Å². The van der Waals surface area contributed by atoms with Crippen molar-refractivity contribution in [2.24, 2.45) is 0 Å². The van der Waals surface area contributed by atoms with Crippen LogP contribution in [0.4, 0.5) is 11.4 Å². The molecule has 0 bridgehead atoms. The molecule has 0 aliphatic rings. The molecule has 0 atom stereocenters. The number of hydrogen-bond donors (Lipinski definition) is 3. The number of anilines is 2. The van der Waals surface area contributed by atoms with Crippen LogP contribution in [0.1, 0.15) is 20.8 Å². The number of carbonyl (C=O) groups is 1. The van der Waals surface area contributed by atoms with Gasteiger partial charge in [-0.05, 0) is 52.1 Å². The van der Waals surface area contributed by atoms with Crippen molar-refractivity contribution >= 4 is 17.3 Å². The minimum Gasteiger partial charge on any atom is -0.395 e. The third-order valence-corrected chi connectivity index (χ3v) is 3.43. The first kappa shape index (κ1) is 16.5. The number of aliphatic hydroxyl groups is 1. The second-order valence-corrected chi connectivity index (χ2v) is 5.18. The largest absolute Gasteiger partial charge is 0.395 e. The molecule has 5 heteroatoms. The number of rotatable bonds is 7. The fourth-order valence-electron chi connectivity index (χ4n) is 1.75. The molecule has 0 spiro atoms. The standard InChI is InChI=1S/C15H25N3O2/c1-5-18(10-11-19)13-8-6-12(7-9-13)17-14(20)15(2,3)16-4/h6-9,16,19H,5,10-11H2,1-4H3,(H,17,20). The zero-order chi connectivity index (χ0) is 15.2. The average molecular weight is 279 g/mol. The number of amides is 1. The maximum Gasteiger partial charge on any atom is 0.244 e. The van der Waals surface area contributed by atoms with Crippen LogP contribution in [0, 0.1) is 0 Å². The van der Waals surface area contributed by atoms with E-state index in [0.29, 0.717) is 6.54 Å². The first-order chi connectivity index (χ1) is 9.44. The first-order valence-corrected chi connectivity index (χ1v) is 6.90. The van der Waals surface area contributed by atoms with Gasteiger partial charge in [-0.1, -0.05) is 0 Å². The Kier molecular flexibility index (Phi) is 5.98. The summed E-state index contributed by atoms with van der Waals surface area (Å²) in [4.78, 5) is 14.1. The molecule has 5 nitrogen and oxygen atoms in total. The lowest BCUT2D eigenvalue weighted by Gasteiger charge is -2.24. The molecule has 0 aliphatic heterocycles. The Hall–Kier alpha value is -1.59. The van der Waals surface area contributed by atoms with E-state index in [1.54, 1.807) is 7.05 Å². The molecule has 1 rings (SSSR count).